The maximum absolute atomic E-state index is 13.1. The molecular formula is C23H39N3O6S. The number of nitrogens with one attached hydrogen (secondary N) is 2. The first kappa shape index (κ1) is 29.0. The topological polar surface area (TPSA) is 137 Å². The predicted molar refractivity (Wildman–Crippen MR) is 128 cm³/mol. The van der Waals surface area contributed by atoms with Crippen LogP contribution in [0.4, 0.5) is 0 Å². The maximum atomic E-state index is 13.1. The average Bonchev–Trinajstić information content (AvgIpc) is 2.79. The zero-order valence-electron chi connectivity index (χ0n) is 20.1. The second-order valence-electron chi connectivity index (χ2n) is 8.25. The predicted octanol–water partition coefficient (Wildman–Crippen LogP) is 0.670. The van der Waals surface area contributed by atoms with E-state index in [0.29, 0.717) is 25.4 Å². The smallest absolute Gasteiger partial charge is 0.328 e. The number of carbonyl (C=O) groups excluding carboxylic acids is 2. The molecule has 0 radical (unpaired) electrons. The molecule has 10 heteroatoms. The van der Waals surface area contributed by atoms with Crippen LogP contribution in [0.2, 0.25) is 0 Å². The molecule has 0 saturated heterocycles. The zero-order valence-corrected chi connectivity index (χ0v) is 20.9. The van der Waals surface area contributed by atoms with Gasteiger partial charge < -0.3 is 25.8 Å². The summed E-state index contributed by atoms with van der Waals surface area (Å²) in [6.45, 7) is 5.58. The summed E-state index contributed by atoms with van der Waals surface area (Å²) in [4.78, 5) is 25.3. The van der Waals surface area contributed by atoms with Crippen LogP contribution < -0.4 is 16.4 Å². The summed E-state index contributed by atoms with van der Waals surface area (Å²) in [7, 11) is -2.12. The summed E-state index contributed by atoms with van der Waals surface area (Å²) in [5, 5.41) is 5.99. The number of sulfone groups is 1. The van der Waals surface area contributed by atoms with Crippen LogP contribution >= 0.6 is 0 Å². The van der Waals surface area contributed by atoms with Gasteiger partial charge in [-0.25, -0.2) is 13.2 Å². The molecule has 1 rings (SSSR count). The largest absolute Gasteiger partial charge is 0.467 e. The number of hydrogen-bond acceptors (Lipinski definition) is 8. The molecule has 0 heterocycles. The van der Waals surface area contributed by atoms with Gasteiger partial charge >= 0.3 is 5.97 Å². The highest BCUT2D eigenvalue weighted by Gasteiger charge is 2.29. The van der Waals surface area contributed by atoms with Crippen molar-refractivity contribution in [3.05, 3.63) is 35.9 Å². The molecule has 0 spiro atoms. The minimum absolute atomic E-state index is 0.00580. The van der Waals surface area contributed by atoms with E-state index >= 15 is 0 Å². The van der Waals surface area contributed by atoms with E-state index in [4.69, 9.17) is 15.2 Å². The minimum Gasteiger partial charge on any atom is -0.467 e. The van der Waals surface area contributed by atoms with Crippen molar-refractivity contribution in [1.82, 2.24) is 10.6 Å². The van der Waals surface area contributed by atoms with Crippen molar-refractivity contribution in [3.8, 4) is 0 Å². The van der Waals surface area contributed by atoms with Crippen molar-refractivity contribution in [2.24, 2.45) is 11.7 Å². The Morgan fingerprint density at radius 2 is 1.85 bits per heavy atom. The van der Waals surface area contributed by atoms with Gasteiger partial charge in [-0.3, -0.25) is 4.79 Å². The SMILES string of the molecule is CCC(C)C(CO[C@@H](Cc1ccccc1)C(=O)N[C@@H](CCS(C)(=O)=O)C(=O)OC)NCCN. The Morgan fingerprint density at radius 3 is 2.39 bits per heavy atom. The van der Waals surface area contributed by atoms with Gasteiger partial charge in [-0.05, 0) is 17.9 Å². The molecule has 0 bridgehead atoms. The van der Waals surface area contributed by atoms with Gasteiger partial charge in [-0.1, -0.05) is 50.6 Å². The first-order valence-corrected chi connectivity index (χ1v) is 13.3. The van der Waals surface area contributed by atoms with Gasteiger partial charge in [0.1, 0.15) is 22.0 Å². The minimum atomic E-state index is -3.32. The van der Waals surface area contributed by atoms with Crippen molar-refractivity contribution < 1.29 is 27.5 Å². The van der Waals surface area contributed by atoms with E-state index < -0.39 is 33.9 Å². The van der Waals surface area contributed by atoms with Crippen molar-refractivity contribution in [2.75, 3.05) is 38.8 Å². The monoisotopic (exact) mass is 485 g/mol. The fourth-order valence-corrected chi connectivity index (χ4v) is 3.90. The van der Waals surface area contributed by atoms with Crippen molar-refractivity contribution in [2.45, 2.75) is 51.3 Å². The van der Waals surface area contributed by atoms with Crippen molar-refractivity contribution in [3.63, 3.8) is 0 Å². The lowest BCUT2D eigenvalue weighted by Crippen LogP contribution is -2.49. The van der Waals surface area contributed by atoms with Gasteiger partial charge in [-0.15, -0.1) is 0 Å². The molecule has 0 aliphatic carbocycles. The van der Waals surface area contributed by atoms with E-state index in [9.17, 15) is 18.0 Å². The van der Waals surface area contributed by atoms with Crippen LogP contribution in [0.1, 0.15) is 32.3 Å². The third-order valence-electron chi connectivity index (χ3n) is 5.49. The summed E-state index contributed by atoms with van der Waals surface area (Å²) in [6.07, 6.45) is 1.36. The Bertz CT molecular complexity index is 819. The molecule has 0 aliphatic heterocycles. The summed E-state index contributed by atoms with van der Waals surface area (Å²) in [5.74, 6) is -1.15. The van der Waals surface area contributed by atoms with Gasteiger partial charge in [0, 0.05) is 31.8 Å². The number of amides is 1. The van der Waals surface area contributed by atoms with E-state index in [2.05, 4.69) is 24.5 Å². The molecule has 33 heavy (non-hydrogen) atoms. The summed E-state index contributed by atoms with van der Waals surface area (Å²) in [6, 6.07) is 8.34. The number of hydrogen-bond donors (Lipinski definition) is 3. The van der Waals surface area contributed by atoms with E-state index in [1.54, 1.807) is 0 Å². The summed E-state index contributed by atoms with van der Waals surface area (Å²) < 4.78 is 33.9. The number of rotatable bonds is 16. The molecule has 188 valence electrons. The first-order valence-electron chi connectivity index (χ1n) is 11.3. The van der Waals surface area contributed by atoms with Crippen LogP contribution in [0.25, 0.3) is 0 Å². The molecule has 9 nitrogen and oxygen atoms in total. The van der Waals surface area contributed by atoms with Crippen molar-refractivity contribution in [1.29, 1.82) is 0 Å². The summed E-state index contributed by atoms with van der Waals surface area (Å²) >= 11 is 0. The Labute approximate surface area is 197 Å². The third kappa shape index (κ3) is 11.6. The van der Waals surface area contributed by atoms with Gasteiger partial charge in [0.25, 0.3) is 0 Å². The average molecular weight is 486 g/mol. The van der Waals surface area contributed by atoms with E-state index in [-0.39, 0.29) is 24.8 Å². The molecular weight excluding hydrogens is 446 g/mol. The molecule has 0 fully saturated rings. The number of methoxy groups -OCH3 is 1. The highest BCUT2D eigenvalue weighted by Crippen LogP contribution is 2.13. The van der Waals surface area contributed by atoms with E-state index in [1.807, 2.05) is 30.3 Å². The lowest BCUT2D eigenvalue weighted by molar-refractivity contribution is -0.147. The van der Waals surface area contributed by atoms with Crippen molar-refractivity contribution >= 4 is 21.7 Å². The number of nitrogens with two attached hydrogens (primary N) is 1. The first-order chi connectivity index (χ1) is 15.6. The zero-order chi connectivity index (χ0) is 24.9. The van der Waals surface area contributed by atoms with Crippen LogP contribution in [-0.4, -0.2) is 77.3 Å². The Kier molecular flexibility index (Phi) is 13.2. The highest BCUT2D eigenvalue weighted by atomic mass is 32.2. The molecule has 0 aromatic heterocycles. The quantitative estimate of drug-likeness (QED) is 0.291. The van der Waals surface area contributed by atoms with E-state index in [0.717, 1.165) is 18.2 Å². The molecule has 0 saturated carbocycles. The standard InChI is InChI=1S/C23H39N3O6S/c1-5-17(2)20(25-13-12-24)16-32-21(15-18-9-7-6-8-10-18)22(27)26-19(23(28)31-3)11-14-33(4,29)30/h6-10,17,19-21,25H,5,11-16,24H2,1-4H3,(H,26,27)/t17?,19-,20?,21-/m0/s1. The molecule has 4 N–H and O–H groups in total. The number of esters is 1. The van der Waals surface area contributed by atoms with Crippen LogP contribution in [-0.2, 0) is 35.3 Å². The lowest BCUT2D eigenvalue weighted by Gasteiger charge is -2.27. The summed E-state index contributed by atoms with van der Waals surface area (Å²) in [5.41, 5.74) is 6.53. The lowest BCUT2D eigenvalue weighted by atomic mass is 9.99. The van der Waals surface area contributed by atoms with Gasteiger partial charge in [0.05, 0.1) is 19.5 Å². The number of carbonyl (C=O) groups is 2. The highest BCUT2D eigenvalue weighted by molar-refractivity contribution is 7.90. The van der Waals surface area contributed by atoms with Gasteiger partial charge in [-0.2, -0.15) is 0 Å². The Hall–Kier alpha value is -2.01. The normalized spacial score (nSPS) is 15.3. The Morgan fingerprint density at radius 1 is 1.18 bits per heavy atom. The molecule has 0 aliphatic rings. The second-order valence-corrected chi connectivity index (χ2v) is 10.5. The maximum Gasteiger partial charge on any atom is 0.328 e. The van der Waals surface area contributed by atoms with Crippen LogP contribution in [0.3, 0.4) is 0 Å². The van der Waals surface area contributed by atoms with E-state index in [1.165, 1.54) is 7.11 Å². The fraction of sp³-hybridized carbons (Fsp3) is 0.652. The van der Waals surface area contributed by atoms with Crippen LogP contribution in [0.15, 0.2) is 30.3 Å². The van der Waals surface area contributed by atoms with Gasteiger partial charge in [0.15, 0.2) is 0 Å². The fourth-order valence-electron chi connectivity index (χ4n) is 3.24. The molecule has 1 amide bonds. The molecule has 4 atom stereocenters. The van der Waals surface area contributed by atoms with Gasteiger partial charge in [0.2, 0.25) is 5.91 Å². The number of ether oxygens (including phenoxy) is 2. The molecule has 1 aromatic rings. The Balaban J connectivity index is 3.00. The van der Waals surface area contributed by atoms with Crippen LogP contribution in [0.5, 0.6) is 0 Å². The third-order valence-corrected chi connectivity index (χ3v) is 6.47. The number of benzene rings is 1. The second kappa shape index (κ2) is 15.0. The van der Waals surface area contributed by atoms with Crippen LogP contribution in [0, 0.1) is 5.92 Å². The molecule has 2 unspecified atom stereocenters. The molecule has 1 aromatic carbocycles.